The van der Waals surface area contributed by atoms with Gasteiger partial charge in [-0.1, -0.05) is 127 Å². The third-order valence-electron chi connectivity index (χ3n) is 6.51. The molecular weight excluding hydrogens is 488 g/mol. The minimum absolute atomic E-state index is 0.170. The largest absolute Gasteiger partial charge is 0.488 e. The fourth-order valence-electron chi connectivity index (χ4n) is 4.66. The molecule has 0 amide bonds. The molecule has 38 heavy (non-hydrogen) atoms. The number of rotatable bonds is 10. The predicted octanol–water partition coefficient (Wildman–Crippen LogP) is 8.19. The molecule has 5 aromatic carbocycles. The smallest absolute Gasteiger partial charge is 0.339 e. The fraction of sp³-hybridized carbons (Fsp3) is 0.0882. The summed E-state index contributed by atoms with van der Waals surface area (Å²) in [6.45, 7) is 0.314. The molecule has 0 saturated carbocycles. The van der Waals surface area contributed by atoms with Gasteiger partial charge in [-0.05, 0) is 39.9 Å². The van der Waals surface area contributed by atoms with Crippen molar-refractivity contribution in [1.82, 2.24) is 0 Å². The van der Waals surface area contributed by atoms with Crippen LogP contribution in [0.5, 0.6) is 5.75 Å². The normalized spacial score (nSPS) is 11.2. The molecule has 0 aliphatic rings. The third-order valence-corrected chi connectivity index (χ3v) is 8.13. The molecule has 0 radical (unpaired) electrons. The molecule has 5 rings (SSSR count). The molecule has 0 aromatic heterocycles. The standard InChI is InChI=1S/C34H28O3S/c35-33(36)31-23-27(21-22-32(31)37-24-26-13-5-1-6-14-26)25-38-34(28-15-7-2-8-16-28,29-17-9-3-10-18-29)30-19-11-4-12-20-30/h1-23H,24-25H2,(H,35,36). The molecule has 1 N–H and O–H groups in total. The van der Waals surface area contributed by atoms with Gasteiger partial charge in [0.2, 0.25) is 0 Å². The van der Waals surface area contributed by atoms with Crippen LogP contribution in [0.4, 0.5) is 0 Å². The number of hydrogen-bond donors (Lipinski definition) is 1. The van der Waals surface area contributed by atoms with Crippen LogP contribution < -0.4 is 4.74 Å². The van der Waals surface area contributed by atoms with E-state index in [4.69, 9.17) is 4.74 Å². The van der Waals surface area contributed by atoms with E-state index in [0.29, 0.717) is 18.1 Å². The van der Waals surface area contributed by atoms with Crippen LogP contribution in [0.2, 0.25) is 0 Å². The Balaban J connectivity index is 1.50. The summed E-state index contributed by atoms with van der Waals surface area (Å²) in [5.41, 5.74) is 5.59. The number of benzene rings is 5. The molecule has 5 aromatic rings. The number of thioether (sulfide) groups is 1. The van der Waals surface area contributed by atoms with Gasteiger partial charge < -0.3 is 9.84 Å². The van der Waals surface area contributed by atoms with Gasteiger partial charge in [-0.2, -0.15) is 0 Å². The first-order valence-electron chi connectivity index (χ1n) is 12.5. The van der Waals surface area contributed by atoms with E-state index in [0.717, 1.165) is 11.1 Å². The van der Waals surface area contributed by atoms with Gasteiger partial charge in [0.15, 0.2) is 0 Å². The second-order valence-corrected chi connectivity index (χ2v) is 10.2. The van der Waals surface area contributed by atoms with Gasteiger partial charge in [0.05, 0.1) is 4.75 Å². The summed E-state index contributed by atoms with van der Waals surface area (Å²) in [6.07, 6.45) is 0. The van der Waals surface area contributed by atoms with Crippen LogP contribution in [0.15, 0.2) is 140 Å². The van der Waals surface area contributed by atoms with Crippen LogP contribution in [0.1, 0.15) is 38.2 Å². The number of aromatic carboxylic acids is 1. The van der Waals surface area contributed by atoms with Gasteiger partial charge in [0, 0.05) is 5.75 Å². The van der Waals surface area contributed by atoms with Crippen LogP contribution in [-0.4, -0.2) is 11.1 Å². The molecule has 0 aliphatic carbocycles. The highest BCUT2D eigenvalue weighted by Crippen LogP contribution is 2.49. The van der Waals surface area contributed by atoms with Crippen LogP contribution in [-0.2, 0) is 17.1 Å². The van der Waals surface area contributed by atoms with Crippen molar-refractivity contribution in [2.75, 3.05) is 0 Å². The van der Waals surface area contributed by atoms with Crippen molar-refractivity contribution >= 4 is 17.7 Å². The lowest BCUT2D eigenvalue weighted by atomic mass is 9.84. The average molecular weight is 517 g/mol. The monoisotopic (exact) mass is 516 g/mol. The fourth-order valence-corrected chi connectivity index (χ4v) is 6.13. The summed E-state index contributed by atoms with van der Waals surface area (Å²) >= 11 is 1.78. The minimum Gasteiger partial charge on any atom is -0.488 e. The van der Waals surface area contributed by atoms with E-state index in [1.54, 1.807) is 23.9 Å². The molecule has 0 spiro atoms. The van der Waals surface area contributed by atoms with Crippen molar-refractivity contribution in [3.8, 4) is 5.75 Å². The maximum absolute atomic E-state index is 12.2. The highest BCUT2D eigenvalue weighted by Gasteiger charge is 2.36. The quantitative estimate of drug-likeness (QED) is 0.190. The zero-order chi connectivity index (χ0) is 26.2. The van der Waals surface area contributed by atoms with E-state index >= 15 is 0 Å². The van der Waals surface area contributed by atoms with Crippen LogP contribution >= 0.6 is 11.8 Å². The van der Waals surface area contributed by atoms with E-state index in [9.17, 15) is 9.90 Å². The maximum atomic E-state index is 12.2. The zero-order valence-corrected chi connectivity index (χ0v) is 21.7. The maximum Gasteiger partial charge on any atom is 0.339 e. The van der Waals surface area contributed by atoms with Gasteiger partial charge in [-0.25, -0.2) is 4.79 Å². The lowest BCUT2D eigenvalue weighted by Gasteiger charge is -2.35. The first kappa shape index (κ1) is 25.4. The molecule has 0 atom stereocenters. The zero-order valence-electron chi connectivity index (χ0n) is 20.9. The van der Waals surface area contributed by atoms with Crippen LogP contribution in [0.25, 0.3) is 0 Å². The van der Waals surface area contributed by atoms with Crippen molar-refractivity contribution in [2.24, 2.45) is 0 Å². The highest BCUT2D eigenvalue weighted by atomic mass is 32.2. The molecular formula is C34H28O3S. The lowest BCUT2D eigenvalue weighted by Crippen LogP contribution is -2.25. The van der Waals surface area contributed by atoms with Gasteiger partial charge in [-0.15, -0.1) is 11.8 Å². The number of carbonyl (C=O) groups is 1. The molecule has 0 unspecified atom stereocenters. The molecule has 4 heteroatoms. The lowest BCUT2D eigenvalue weighted by molar-refractivity contribution is 0.0691. The summed E-state index contributed by atoms with van der Waals surface area (Å²) < 4.78 is 5.43. The molecule has 3 nitrogen and oxygen atoms in total. The Morgan fingerprint density at radius 1 is 0.632 bits per heavy atom. The van der Waals surface area contributed by atoms with Gasteiger partial charge in [-0.3, -0.25) is 0 Å². The molecule has 0 aliphatic heterocycles. The van der Waals surface area contributed by atoms with E-state index in [1.807, 2.05) is 54.6 Å². The molecule has 0 saturated heterocycles. The average Bonchev–Trinajstić information content (AvgIpc) is 2.99. The summed E-state index contributed by atoms with van der Waals surface area (Å²) in [6, 6.07) is 46.7. The Morgan fingerprint density at radius 3 is 1.58 bits per heavy atom. The highest BCUT2D eigenvalue weighted by molar-refractivity contribution is 7.99. The SMILES string of the molecule is O=C(O)c1cc(CSC(c2ccccc2)(c2ccccc2)c2ccccc2)ccc1OCc1ccccc1. The van der Waals surface area contributed by atoms with Gasteiger partial charge >= 0.3 is 5.97 Å². The Bertz CT molecular complexity index is 1370. The van der Waals surface area contributed by atoms with E-state index in [1.165, 1.54) is 16.7 Å². The van der Waals surface area contributed by atoms with Gasteiger partial charge in [0.1, 0.15) is 17.9 Å². The van der Waals surface area contributed by atoms with Gasteiger partial charge in [0.25, 0.3) is 0 Å². The Kier molecular flexibility index (Phi) is 7.91. The molecule has 0 fully saturated rings. The first-order valence-corrected chi connectivity index (χ1v) is 13.5. The van der Waals surface area contributed by atoms with E-state index in [-0.39, 0.29) is 5.56 Å². The van der Waals surface area contributed by atoms with Crippen molar-refractivity contribution in [3.63, 3.8) is 0 Å². The van der Waals surface area contributed by atoms with E-state index in [2.05, 4.69) is 72.8 Å². The number of carboxylic acids is 1. The van der Waals surface area contributed by atoms with Crippen LogP contribution in [0.3, 0.4) is 0 Å². The second kappa shape index (κ2) is 11.8. The topological polar surface area (TPSA) is 46.5 Å². The summed E-state index contributed by atoms with van der Waals surface area (Å²) in [7, 11) is 0. The number of carboxylic acid groups (broad SMARTS) is 1. The molecule has 0 heterocycles. The Hall–Kier alpha value is -4.28. The summed E-state index contributed by atoms with van der Waals surface area (Å²) in [5.74, 6) is -0.0197. The first-order chi connectivity index (χ1) is 18.7. The van der Waals surface area contributed by atoms with Crippen LogP contribution in [0, 0.1) is 0 Å². The van der Waals surface area contributed by atoms with Crippen molar-refractivity contribution in [3.05, 3.63) is 173 Å². The Morgan fingerprint density at radius 2 is 1.11 bits per heavy atom. The molecule has 0 bridgehead atoms. The number of hydrogen-bond acceptors (Lipinski definition) is 3. The van der Waals surface area contributed by atoms with Crippen molar-refractivity contribution < 1.29 is 14.6 Å². The summed E-state index contributed by atoms with van der Waals surface area (Å²) in [5, 5.41) is 9.96. The number of ether oxygens (including phenoxy) is 1. The summed E-state index contributed by atoms with van der Waals surface area (Å²) in [4.78, 5) is 12.2. The van der Waals surface area contributed by atoms with Crippen molar-refractivity contribution in [2.45, 2.75) is 17.1 Å². The minimum atomic E-state index is -1.000. The molecule has 188 valence electrons. The van der Waals surface area contributed by atoms with Crippen molar-refractivity contribution in [1.29, 1.82) is 0 Å². The third kappa shape index (κ3) is 5.51. The predicted molar refractivity (Wildman–Crippen MR) is 155 cm³/mol. The Labute approximate surface area is 227 Å². The second-order valence-electron chi connectivity index (χ2n) is 8.98. The van der Waals surface area contributed by atoms with E-state index < -0.39 is 10.7 Å².